The molecule has 2 amide bonds. The lowest BCUT2D eigenvalue weighted by molar-refractivity contribution is -0.124. The first-order valence-electron chi connectivity index (χ1n) is 9.94. The van der Waals surface area contributed by atoms with Gasteiger partial charge in [-0.15, -0.1) is 0 Å². The summed E-state index contributed by atoms with van der Waals surface area (Å²) in [5.41, 5.74) is 2.95. The summed E-state index contributed by atoms with van der Waals surface area (Å²) < 4.78 is 5.82. The van der Waals surface area contributed by atoms with E-state index in [1.165, 1.54) is 16.7 Å². The van der Waals surface area contributed by atoms with E-state index >= 15 is 0 Å². The van der Waals surface area contributed by atoms with Crippen molar-refractivity contribution in [3.63, 3.8) is 0 Å². The molecule has 1 atom stereocenters. The van der Waals surface area contributed by atoms with Gasteiger partial charge in [-0.3, -0.25) is 15.0 Å². The first-order chi connectivity index (χ1) is 14.6. The second kappa shape index (κ2) is 9.24. The van der Waals surface area contributed by atoms with Crippen molar-refractivity contribution in [1.29, 1.82) is 0 Å². The van der Waals surface area contributed by atoms with Crippen LogP contribution in [0.25, 0.3) is 5.57 Å². The van der Waals surface area contributed by atoms with E-state index < -0.39 is 17.9 Å². The summed E-state index contributed by atoms with van der Waals surface area (Å²) in [6, 6.07) is 17.3. The molecular weight excluding hydrogens is 428 g/mol. The van der Waals surface area contributed by atoms with Gasteiger partial charge in [-0.2, -0.15) is 0 Å². The summed E-state index contributed by atoms with van der Waals surface area (Å²) >= 11 is 6.82. The molecule has 0 spiro atoms. The topological polar surface area (TPSA) is 58.6 Å². The molecule has 2 aromatic carbocycles. The number of amides is 2. The predicted molar refractivity (Wildman–Crippen MR) is 129 cm³/mol. The molecule has 0 bridgehead atoms. The zero-order chi connectivity index (χ0) is 22.8. The van der Waals surface area contributed by atoms with Gasteiger partial charge in [0.1, 0.15) is 16.1 Å². The van der Waals surface area contributed by atoms with Crippen LogP contribution in [0, 0.1) is 6.92 Å². The van der Waals surface area contributed by atoms with Crippen molar-refractivity contribution in [2.24, 2.45) is 0 Å². The van der Waals surface area contributed by atoms with E-state index in [2.05, 4.69) is 5.32 Å². The largest absolute Gasteiger partial charge is 0.444 e. The number of thioether (sulfide) groups is 1. The monoisotopic (exact) mass is 454 g/mol. The van der Waals surface area contributed by atoms with Crippen LogP contribution < -0.4 is 5.32 Å². The number of benzene rings is 2. The molecule has 1 heterocycles. The fourth-order valence-corrected chi connectivity index (χ4v) is 4.47. The van der Waals surface area contributed by atoms with E-state index in [1.807, 2.05) is 68.4 Å². The third-order valence-electron chi connectivity index (χ3n) is 4.65. The number of thiocarbonyl (C=S) groups is 1. The summed E-state index contributed by atoms with van der Waals surface area (Å²) in [7, 11) is 0. The van der Waals surface area contributed by atoms with Crippen molar-refractivity contribution in [1.82, 2.24) is 10.2 Å². The minimum atomic E-state index is -0.774. The predicted octanol–water partition coefficient (Wildman–Crippen LogP) is 5.81. The molecule has 1 saturated heterocycles. The minimum absolute atomic E-state index is 0.238. The second-order valence-corrected chi connectivity index (χ2v) is 9.97. The highest BCUT2D eigenvalue weighted by molar-refractivity contribution is 8.26. The van der Waals surface area contributed by atoms with Crippen molar-refractivity contribution < 1.29 is 14.3 Å². The van der Waals surface area contributed by atoms with E-state index in [1.54, 1.807) is 20.8 Å². The lowest BCUT2D eigenvalue weighted by Gasteiger charge is -2.29. The Balaban J connectivity index is 1.98. The number of alkyl carbamates (subject to hydrolysis) is 1. The highest BCUT2D eigenvalue weighted by Crippen LogP contribution is 2.40. The van der Waals surface area contributed by atoms with Crippen LogP contribution in [-0.4, -0.2) is 26.8 Å². The third-order valence-corrected chi connectivity index (χ3v) is 6.15. The van der Waals surface area contributed by atoms with Gasteiger partial charge < -0.3 is 4.74 Å². The van der Waals surface area contributed by atoms with E-state index in [0.717, 1.165) is 22.3 Å². The Morgan fingerprint density at radius 1 is 1.10 bits per heavy atom. The van der Waals surface area contributed by atoms with Gasteiger partial charge in [-0.25, -0.2) is 4.79 Å². The highest BCUT2D eigenvalue weighted by Gasteiger charge is 2.40. The number of nitrogens with one attached hydrogen (secondary N) is 1. The Hall–Kier alpha value is -2.64. The molecule has 0 aliphatic carbocycles. The van der Waals surface area contributed by atoms with Crippen LogP contribution in [0.1, 0.15) is 50.6 Å². The van der Waals surface area contributed by atoms with Crippen molar-refractivity contribution in [3.8, 4) is 0 Å². The van der Waals surface area contributed by atoms with Crippen molar-refractivity contribution >= 4 is 45.9 Å². The molecule has 162 valence electrons. The molecule has 0 saturated carbocycles. The molecule has 7 heteroatoms. The van der Waals surface area contributed by atoms with Gasteiger partial charge in [0.15, 0.2) is 0 Å². The van der Waals surface area contributed by atoms with E-state index in [0.29, 0.717) is 9.23 Å². The molecule has 1 aliphatic heterocycles. The summed E-state index contributed by atoms with van der Waals surface area (Å²) in [5.74, 6) is -0.238. The maximum atomic E-state index is 13.4. The molecule has 1 unspecified atom stereocenters. The van der Waals surface area contributed by atoms with Crippen molar-refractivity contribution in [3.05, 3.63) is 76.2 Å². The van der Waals surface area contributed by atoms with E-state index in [-0.39, 0.29) is 5.91 Å². The zero-order valence-electron chi connectivity index (χ0n) is 18.3. The molecule has 3 rings (SSSR count). The lowest BCUT2D eigenvalue weighted by atomic mass is 10.1. The first-order valence-corrected chi connectivity index (χ1v) is 11.2. The smallest absolute Gasteiger partial charge is 0.409 e. The summed E-state index contributed by atoms with van der Waals surface area (Å²) in [5, 5.41) is 2.83. The van der Waals surface area contributed by atoms with Gasteiger partial charge in [-0.1, -0.05) is 84.1 Å². The summed E-state index contributed by atoms with van der Waals surface area (Å²) in [6.45, 7) is 9.26. The van der Waals surface area contributed by atoms with Gasteiger partial charge in [-0.05, 0) is 51.3 Å². The van der Waals surface area contributed by atoms with Crippen molar-refractivity contribution in [2.45, 2.75) is 46.4 Å². The number of ether oxygens (including phenoxy) is 1. The van der Waals surface area contributed by atoms with Crippen LogP contribution in [0.3, 0.4) is 0 Å². The molecule has 31 heavy (non-hydrogen) atoms. The Bertz CT molecular complexity index is 1030. The maximum absolute atomic E-state index is 13.4. The average molecular weight is 455 g/mol. The minimum Gasteiger partial charge on any atom is -0.444 e. The van der Waals surface area contributed by atoms with Crippen LogP contribution >= 0.6 is 24.0 Å². The fraction of sp³-hybridized carbons (Fsp3) is 0.292. The number of carbonyl (C=O) groups excluding carboxylic acids is 2. The molecule has 5 nitrogen and oxygen atoms in total. The van der Waals surface area contributed by atoms with Crippen LogP contribution in [-0.2, 0) is 9.53 Å². The number of aryl methyl sites for hydroxylation is 1. The number of hydrogen-bond acceptors (Lipinski definition) is 5. The number of rotatable bonds is 4. The fourth-order valence-electron chi connectivity index (χ4n) is 3.12. The van der Waals surface area contributed by atoms with Gasteiger partial charge >= 0.3 is 6.09 Å². The van der Waals surface area contributed by atoms with Crippen LogP contribution in [0.4, 0.5) is 4.79 Å². The Morgan fingerprint density at radius 3 is 2.29 bits per heavy atom. The second-order valence-electron chi connectivity index (χ2n) is 8.32. The lowest BCUT2D eigenvalue weighted by Crippen LogP contribution is -2.45. The number of carbonyl (C=O) groups is 2. The molecule has 2 aromatic rings. The van der Waals surface area contributed by atoms with Crippen LogP contribution in [0.15, 0.2) is 59.5 Å². The molecule has 1 fully saturated rings. The van der Waals surface area contributed by atoms with Gasteiger partial charge in [0.25, 0.3) is 5.91 Å². The Morgan fingerprint density at radius 2 is 1.71 bits per heavy atom. The highest BCUT2D eigenvalue weighted by atomic mass is 32.2. The Labute approximate surface area is 192 Å². The number of allylic oxidation sites excluding steroid dienone is 1. The van der Waals surface area contributed by atoms with Crippen molar-refractivity contribution in [2.75, 3.05) is 0 Å². The van der Waals surface area contributed by atoms with Gasteiger partial charge in [0, 0.05) is 0 Å². The zero-order valence-corrected chi connectivity index (χ0v) is 19.9. The molecule has 1 N–H and O–H groups in total. The Kier molecular flexibility index (Phi) is 6.86. The van der Waals surface area contributed by atoms with Gasteiger partial charge in [0.05, 0.1) is 4.91 Å². The summed E-state index contributed by atoms with van der Waals surface area (Å²) in [4.78, 5) is 28.0. The molecular formula is C24H26N2O3S2. The number of hydrogen-bond donors (Lipinski definition) is 1. The SMILES string of the molecule is C/C(=C1/SC(=S)N(C(NC(=O)OC(C)(C)C)c2ccc(C)cc2)C1=O)c1ccccc1. The quantitative estimate of drug-likeness (QED) is 0.467. The van der Waals surface area contributed by atoms with Crippen LogP contribution in [0.5, 0.6) is 0 Å². The first kappa shape index (κ1) is 23.0. The molecule has 0 aromatic heterocycles. The van der Waals surface area contributed by atoms with Crippen LogP contribution in [0.2, 0.25) is 0 Å². The number of nitrogens with zero attached hydrogens (tertiary/aromatic N) is 1. The molecule has 0 radical (unpaired) electrons. The normalized spacial score (nSPS) is 16.9. The van der Waals surface area contributed by atoms with Gasteiger partial charge in [0.2, 0.25) is 0 Å². The third kappa shape index (κ3) is 5.54. The standard InChI is InChI=1S/C24H26N2O3S2/c1-15-11-13-18(14-12-15)20(25-22(28)29-24(3,4)5)26-21(27)19(31-23(26)30)16(2)17-9-7-6-8-10-17/h6-14,20H,1-5H3,(H,25,28)/b19-16-. The van der Waals surface area contributed by atoms with E-state index in [4.69, 9.17) is 17.0 Å². The summed E-state index contributed by atoms with van der Waals surface area (Å²) in [6.07, 6.45) is -1.39. The maximum Gasteiger partial charge on any atom is 0.409 e. The molecule has 1 aliphatic rings. The van der Waals surface area contributed by atoms with E-state index in [9.17, 15) is 9.59 Å². The average Bonchev–Trinajstić information content (AvgIpc) is 3.00.